The monoisotopic (exact) mass is 433 g/mol. The molecule has 0 amide bonds. The molecule has 4 aromatic rings. The van der Waals surface area contributed by atoms with Gasteiger partial charge in [0.1, 0.15) is 0 Å². The fourth-order valence-corrected chi connectivity index (χ4v) is 10.5. The predicted molar refractivity (Wildman–Crippen MR) is 128 cm³/mol. The number of nitrogens with zero attached hydrogens (tertiary/aromatic N) is 1. The molecule has 3 nitrogen and oxygen atoms in total. The van der Waals surface area contributed by atoms with Crippen molar-refractivity contribution in [1.29, 1.82) is 0 Å². The first-order chi connectivity index (χ1) is 14.5. The molecule has 5 heteroatoms. The number of nitro benzene ring substituents is 1. The van der Waals surface area contributed by atoms with Crippen LogP contribution in [0.15, 0.2) is 115 Å². The van der Waals surface area contributed by atoms with Gasteiger partial charge in [0.25, 0.3) is 0 Å². The summed E-state index contributed by atoms with van der Waals surface area (Å²) in [5.41, 5.74) is 1.09. The van der Waals surface area contributed by atoms with E-state index in [1.165, 1.54) is 0 Å². The van der Waals surface area contributed by atoms with Crippen molar-refractivity contribution in [1.82, 2.24) is 0 Å². The number of halogens is 1. The zero-order valence-electron chi connectivity index (χ0n) is 16.3. The van der Waals surface area contributed by atoms with Gasteiger partial charge in [0.15, 0.2) is 0 Å². The molecule has 4 aromatic carbocycles. The van der Waals surface area contributed by atoms with Gasteiger partial charge in [-0.15, -0.1) is 0 Å². The Balaban J connectivity index is 2.17. The predicted octanol–water partition coefficient (Wildman–Crippen LogP) is 5.78. The first-order valence-electron chi connectivity index (χ1n) is 9.66. The Bertz CT molecular complexity index is 1130. The molecule has 0 unspecified atom stereocenters. The number of hydrogen-bond acceptors (Lipinski definition) is 2. The Morgan fingerprint density at radius 2 is 1.10 bits per heavy atom. The fourth-order valence-electron chi connectivity index (χ4n) is 4.11. The van der Waals surface area contributed by atoms with Crippen LogP contribution in [-0.2, 0) is 6.16 Å². The van der Waals surface area contributed by atoms with Gasteiger partial charge in [0.05, 0.1) is 0 Å². The Labute approximate surface area is 180 Å². The summed E-state index contributed by atoms with van der Waals surface area (Å²) in [6, 6.07) is 36.5. The molecule has 0 aliphatic carbocycles. The summed E-state index contributed by atoms with van der Waals surface area (Å²) in [5.74, 6) is -3.76. The average Bonchev–Trinajstić information content (AvgIpc) is 2.81. The molecule has 0 saturated heterocycles. The van der Waals surface area contributed by atoms with E-state index in [1.54, 1.807) is 12.1 Å². The van der Waals surface area contributed by atoms with Crippen molar-refractivity contribution in [3.63, 3.8) is 0 Å². The van der Waals surface area contributed by atoms with Crippen molar-refractivity contribution in [2.75, 3.05) is 0 Å². The van der Waals surface area contributed by atoms with Gasteiger partial charge in [-0.05, 0) is 0 Å². The molecule has 150 valence electrons. The third-order valence-corrected chi connectivity index (χ3v) is 12.7. The van der Waals surface area contributed by atoms with Crippen molar-refractivity contribution in [3.8, 4) is 0 Å². The molecule has 0 spiro atoms. The van der Waals surface area contributed by atoms with Gasteiger partial charge in [-0.1, -0.05) is 0 Å². The summed E-state index contributed by atoms with van der Waals surface area (Å²) in [4.78, 5) is 11.8. The number of benzene rings is 4. The minimum absolute atomic E-state index is 0.0498. The van der Waals surface area contributed by atoms with Crippen molar-refractivity contribution in [2.24, 2.45) is 0 Å². The third kappa shape index (κ3) is 3.31. The second kappa shape index (κ2) is 8.02. The van der Waals surface area contributed by atoms with Gasteiger partial charge < -0.3 is 0 Å². The zero-order chi connectivity index (χ0) is 21.1. The SMILES string of the molecule is O=[N+]([O-])c1ccccc1P(Cl)(Cc1ccccc1)(c1ccccc1)c1ccccc1. The van der Waals surface area contributed by atoms with Crippen LogP contribution in [0.3, 0.4) is 0 Å². The van der Waals surface area contributed by atoms with Crippen LogP contribution >= 0.6 is 17.2 Å². The molecule has 0 aliphatic heterocycles. The molecule has 0 radical (unpaired) electrons. The molecular formula is C25H21ClNO2P. The molecule has 0 heterocycles. The van der Waals surface area contributed by atoms with E-state index in [0.717, 1.165) is 16.2 Å². The molecule has 0 bridgehead atoms. The van der Waals surface area contributed by atoms with Gasteiger partial charge >= 0.3 is 181 Å². The third-order valence-electron chi connectivity index (χ3n) is 5.49. The summed E-state index contributed by atoms with van der Waals surface area (Å²) >= 11 is 7.98. The first kappa shape index (κ1) is 20.3. The summed E-state index contributed by atoms with van der Waals surface area (Å²) in [6.45, 7) is 0. The van der Waals surface area contributed by atoms with Crippen LogP contribution in [0.2, 0.25) is 0 Å². The number of rotatable bonds is 6. The average molecular weight is 434 g/mol. The zero-order valence-corrected chi connectivity index (χ0v) is 17.9. The molecule has 0 aromatic heterocycles. The summed E-state index contributed by atoms with van der Waals surface area (Å²) < 4.78 is 0. The van der Waals surface area contributed by atoms with Crippen molar-refractivity contribution in [2.45, 2.75) is 6.16 Å². The van der Waals surface area contributed by atoms with E-state index in [-0.39, 0.29) is 10.6 Å². The summed E-state index contributed by atoms with van der Waals surface area (Å²) in [6.07, 6.45) is 0.479. The maximum atomic E-state index is 12.1. The van der Waals surface area contributed by atoms with Crippen LogP contribution in [0, 0.1) is 10.1 Å². The molecule has 30 heavy (non-hydrogen) atoms. The van der Waals surface area contributed by atoms with Crippen LogP contribution in [0.5, 0.6) is 0 Å². The van der Waals surface area contributed by atoms with E-state index in [2.05, 4.69) is 0 Å². The van der Waals surface area contributed by atoms with Crippen molar-refractivity contribution < 1.29 is 4.92 Å². The quantitative estimate of drug-likeness (QED) is 0.220. The topological polar surface area (TPSA) is 43.1 Å². The minimum atomic E-state index is -3.76. The second-order valence-corrected chi connectivity index (χ2v) is 13.7. The molecule has 0 N–H and O–H groups in total. The van der Waals surface area contributed by atoms with E-state index in [4.69, 9.17) is 11.2 Å². The van der Waals surface area contributed by atoms with E-state index in [0.29, 0.717) is 11.5 Å². The molecule has 0 aliphatic rings. The molecular weight excluding hydrogens is 413 g/mol. The van der Waals surface area contributed by atoms with E-state index < -0.39 is 5.96 Å². The van der Waals surface area contributed by atoms with Gasteiger partial charge in [-0.3, -0.25) is 0 Å². The molecule has 0 atom stereocenters. The Kier molecular flexibility index (Phi) is 5.42. The Morgan fingerprint density at radius 1 is 0.667 bits per heavy atom. The Hall–Kier alpha value is -3.00. The van der Waals surface area contributed by atoms with E-state index >= 15 is 0 Å². The normalized spacial score (nSPS) is 12.6. The van der Waals surface area contributed by atoms with Crippen LogP contribution < -0.4 is 15.9 Å². The van der Waals surface area contributed by atoms with Crippen molar-refractivity contribution in [3.05, 3.63) is 131 Å². The molecule has 4 rings (SSSR count). The Morgan fingerprint density at radius 3 is 1.60 bits per heavy atom. The second-order valence-electron chi connectivity index (χ2n) is 7.24. The van der Waals surface area contributed by atoms with Gasteiger partial charge in [0.2, 0.25) is 0 Å². The summed E-state index contributed by atoms with van der Waals surface area (Å²) in [5, 5.41) is 14.5. The fraction of sp³-hybridized carbons (Fsp3) is 0.0400. The summed E-state index contributed by atoms with van der Waals surface area (Å²) in [7, 11) is 0. The number of nitro groups is 1. The van der Waals surface area contributed by atoms with Crippen LogP contribution in [0.25, 0.3) is 0 Å². The van der Waals surface area contributed by atoms with E-state index in [1.807, 2.05) is 103 Å². The van der Waals surface area contributed by atoms with Gasteiger partial charge in [-0.2, -0.15) is 0 Å². The van der Waals surface area contributed by atoms with Crippen molar-refractivity contribution >= 4 is 38.8 Å². The van der Waals surface area contributed by atoms with Crippen LogP contribution in [0.4, 0.5) is 5.69 Å². The van der Waals surface area contributed by atoms with Gasteiger partial charge in [0, 0.05) is 0 Å². The van der Waals surface area contributed by atoms with Gasteiger partial charge in [-0.25, -0.2) is 0 Å². The van der Waals surface area contributed by atoms with Crippen LogP contribution in [-0.4, -0.2) is 4.92 Å². The maximum absolute atomic E-state index is 12.1. The molecule has 0 saturated carbocycles. The van der Waals surface area contributed by atoms with Crippen LogP contribution in [0.1, 0.15) is 5.56 Å². The molecule has 0 fully saturated rings. The standard InChI is InChI=1S/C25H21ClNO2P/c26-30(22-14-6-2-7-15-22,23-16-8-3-9-17-23,20-21-12-4-1-5-13-21)25-19-11-10-18-24(25)27(28)29/h1-19H,20H2. The number of para-hydroxylation sites is 1. The van der Waals surface area contributed by atoms with E-state index in [9.17, 15) is 10.1 Å². The first-order valence-corrected chi connectivity index (χ1v) is 13.0. The number of hydrogen-bond donors (Lipinski definition) is 0.